The Hall–Kier alpha value is -2.49. The van der Waals surface area contributed by atoms with Crippen molar-refractivity contribution in [3.63, 3.8) is 0 Å². The van der Waals surface area contributed by atoms with E-state index in [0.717, 1.165) is 29.1 Å². The van der Waals surface area contributed by atoms with Crippen molar-refractivity contribution in [1.82, 2.24) is 5.32 Å². The second kappa shape index (κ2) is 9.11. The fraction of sp³-hybridized carbons (Fsp3) is 0.381. The van der Waals surface area contributed by atoms with E-state index in [1.54, 1.807) is 0 Å². The SMILES string of the molecule is CC[C@@H](Oc1cc(C)cc(C)c1)C(=O)NCCN(C)c1ccccc1. The zero-order chi connectivity index (χ0) is 18.2. The summed E-state index contributed by atoms with van der Waals surface area (Å²) in [6, 6.07) is 16.1. The molecule has 2 aromatic carbocycles. The third-order valence-electron chi connectivity index (χ3n) is 4.08. The molecule has 0 bridgehead atoms. The molecule has 1 N–H and O–H groups in total. The molecule has 25 heavy (non-hydrogen) atoms. The number of likely N-dealkylation sites (N-methyl/N-ethyl adjacent to an activating group) is 1. The monoisotopic (exact) mass is 340 g/mol. The molecular formula is C21H28N2O2. The third-order valence-corrected chi connectivity index (χ3v) is 4.08. The first-order chi connectivity index (χ1) is 12.0. The van der Waals surface area contributed by atoms with E-state index in [9.17, 15) is 4.79 Å². The largest absolute Gasteiger partial charge is 0.481 e. The number of ether oxygens (including phenoxy) is 1. The highest BCUT2D eigenvalue weighted by Crippen LogP contribution is 2.18. The highest BCUT2D eigenvalue weighted by Gasteiger charge is 2.18. The molecule has 4 heteroatoms. The minimum atomic E-state index is -0.469. The van der Waals surface area contributed by atoms with Crippen LogP contribution in [0.15, 0.2) is 48.5 Å². The van der Waals surface area contributed by atoms with Gasteiger partial charge in [-0.2, -0.15) is 0 Å². The van der Waals surface area contributed by atoms with Crippen molar-refractivity contribution in [1.29, 1.82) is 0 Å². The number of carbonyl (C=O) groups excluding carboxylic acids is 1. The van der Waals surface area contributed by atoms with Crippen LogP contribution in [0.2, 0.25) is 0 Å². The van der Waals surface area contributed by atoms with Gasteiger partial charge in [0.05, 0.1) is 0 Å². The summed E-state index contributed by atoms with van der Waals surface area (Å²) >= 11 is 0. The summed E-state index contributed by atoms with van der Waals surface area (Å²) < 4.78 is 5.90. The topological polar surface area (TPSA) is 41.6 Å². The maximum atomic E-state index is 12.4. The van der Waals surface area contributed by atoms with Crippen LogP contribution in [0.1, 0.15) is 24.5 Å². The molecule has 2 aromatic rings. The molecule has 0 saturated carbocycles. The van der Waals surface area contributed by atoms with Crippen molar-refractivity contribution in [2.24, 2.45) is 0 Å². The number of hydrogen-bond acceptors (Lipinski definition) is 3. The first kappa shape index (κ1) is 18.8. The zero-order valence-electron chi connectivity index (χ0n) is 15.6. The fourth-order valence-corrected chi connectivity index (χ4v) is 2.76. The van der Waals surface area contributed by atoms with Crippen molar-refractivity contribution >= 4 is 11.6 Å². The predicted octanol–water partition coefficient (Wildman–Crippen LogP) is 3.71. The van der Waals surface area contributed by atoms with Gasteiger partial charge in [-0.3, -0.25) is 4.79 Å². The normalized spacial score (nSPS) is 11.7. The molecule has 2 rings (SSSR count). The van der Waals surface area contributed by atoms with Crippen LogP contribution in [0.4, 0.5) is 5.69 Å². The smallest absolute Gasteiger partial charge is 0.261 e. The van der Waals surface area contributed by atoms with Gasteiger partial charge in [0, 0.05) is 25.8 Å². The first-order valence-corrected chi connectivity index (χ1v) is 8.78. The van der Waals surface area contributed by atoms with Crippen LogP contribution in [0.5, 0.6) is 5.75 Å². The molecule has 0 aliphatic heterocycles. The minimum Gasteiger partial charge on any atom is -0.481 e. The van der Waals surface area contributed by atoms with E-state index >= 15 is 0 Å². The Balaban J connectivity index is 1.85. The molecule has 1 amide bonds. The summed E-state index contributed by atoms with van der Waals surface area (Å²) in [4.78, 5) is 14.5. The Morgan fingerprint density at radius 1 is 1.12 bits per heavy atom. The highest BCUT2D eigenvalue weighted by molar-refractivity contribution is 5.81. The van der Waals surface area contributed by atoms with E-state index in [1.807, 2.05) is 58.2 Å². The van der Waals surface area contributed by atoms with Crippen LogP contribution < -0.4 is 15.0 Å². The Kier molecular flexibility index (Phi) is 6.87. The summed E-state index contributed by atoms with van der Waals surface area (Å²) in [6.07, 6.45) is 0.163. The third kappa shape index (κ3) is 5.82. The molecule has 0 heterocycles. The molecule has 1 atom stereocenters. The lowest BCUT2D eigenvalue weighted by molar-refractivity contribution is -0.128. The zero-order valence-corrected chi connectivity index (χ0v) is 15.6. The summed E-state index contributed by atoms with van der Waals surface area (Å²) in [5.41, 5.74) is 3.40. The molecule has 0 aromatic heterocycles. The summed E-state index contributed by atoms with van der Waals surface area (Å²) in [5, 5.41) is 2.98. The van der Waals surface area contributed by atoms with Gasteiger partial charge in [0.2, 0.25) is 0 Å². The molecule has 0 aliphatic rings. The number of anilines is 1. The Bertz CT molecular complexity index is 665. The van der Waals surface area contributed by atoms with Crippen molar-refractivity contribution in [3.8, 4) is 5.75 Å². The fourth-order valence-electron chi connectivity index (χ4n) is 2.76. The standard InChI is InChI=1S/C21H28N2O2/c1-5-20(25-19-14-16(2)13-17(3)15-19)21(24)22-11-12-23(4)18-9-7-6-8-10-18/h6-10,13-15,20H,5,11-12H2,1-4H3,(H,22,24)/t20-/m1/s1. The second-order valence-electron chi connectivity index (χ2n) is 6.39. The molecule has 0 radical (unpaired) electrons. The number of benzene rings is 2. The summed E-state index contributed by atoms with van der Waals surface area (Å²) in [5.74, 6) is 0.684. The van der Waals surface area contributed by atoms with Gasteiger partial charge in [-0.15, -0.1) is 0 Å². The first-order valence-electron chi connectivity index (χ1n) is 8.78. The molecule has 0 saturated heterocycles. The van der Waals surface area contributed by atoms with Gasteiger partial charge in [-0.05, 0) is 55.7 Å². The molecule has 0 fully saturated rings. The van der Waals surface area contributed by atoms with E-state index < -0.39 is 6.10 Å². The minimum absolute atomic E-state index is 0.0666. The van der Waals surface area contributed by atoms with Crippen LogP contribution in [0.3, 0.4) is 0 Å². The number of para-hydroxylation sites is 1. The number of nitrogens with one attached hydrogen (secondary N) is 1. The van der Waals surface area contributed by atoms with Crippen LogP contribution >= 0.6 is 0 Å². The van der Waals surface area contributed by atoms with Gasteiger partial charge < -0.3 is 15.0 Å². The predicted molar refractivity (Wildman–Crippen MR) is 103 cm³/mol. The average Bonchev–Trinajstić information content (AvgIpc) is 2.59. The lowest BCUT2D eigenvalue weighted by Crippen LogP contribution is -2.41. The lowest BCUT2D eigenvalue weighted by Gasteiger charge is -2.21. The molecular weight excluding hydrogens is 312 g/mol. The molecule has 0 spiro atoms. The van der Waals surface area contributed by atoms with Crippen molar-refractivity contribution in [2.75, 3.05) is 25.0 Å². The number of hydrogen-bond donors (Lipinski definition) is 1. The van der Waals surface area contributed by atoms with Crippen LogP contribution in [0, 0.1) is 13.8 Å². The van der Waals surface area contributed by atoms with Gasteiger partial charge in [-0.1, -0.05) is 31.2 Å². The lowest BCUT2D eigenvalue weighted by atomic mass is 10.1. The van der Waals surface area contributed by atoms with E-state index in [1.165, 1.54) is 0 Å². The van der Waals surface area contributed by atoms with Gasteiger partial charge in [0.25, 0.3) is 5.91 Å². The second-order valence-corrected chi connectivity index (χ2v) is 6.39. The molecule has 0 aliphatic carbocycles. The highest BCUT2D eigenvalue weighted by atomic mass is 16.5. The average molecular weight is 340 g/mol. The van der Waals surface area contributed by atoms with Crippen LogP contribution in [-0.2, 0) is 4.79 Å². The maximum absolute atomic E-state index is 12.4. The molecule has 0 unspecified atom stereocenters. The Morgan fingerprint density at radius 2 is 1.76 bits per heavy atom. The summed E-state index contributed by atoms with van der Waals surface area (Å²) in [6.45, 7) is 7.34. The molecule has 134 valence electrons. The van der Waals surface area contributed by atoms with Gasteiger partial charge in [-0.25, -0.2) is 0 Å². The number of carbonyl (C=O) groups is 1. The quantitative estimate of drug-likeness (QED) is 0.796. The number of nitrogens with zero attached hydrogens (tertiary/aromatic N) is 1. The summed E-state index contributed by atoms with van der Waals surface area (Å²) in [7, 11) is 2.02. The Labute approximate surface area is 150 Å². The van der Waals surface area contributed by atoms with Gasteiger partial charge in [0.15, 0.2) is 6.10 Å². The van der Waals surface area contributed by atoms with E-state index in [-0.39, 0.29) is 5.91 Å². The van der Waals surface area contributed by atoms with Gasteiger partial charge >= 0.3 is 0 Å². The van der Waals surface area contributed by atoms with Gasteiger partial charge in [0.1, 0.15) is 5.75 Å². The number of aryl methyl sites for hydroxylation is 2. The van der Waals surface area contributed by atoms with Crippen molar-refractivity contribution < 1.29 is 9.53 Å². The van der Waals surface area contributed by atoms with Crippen LogP contribution in [-0.4, -0.2) is 32.1 Å². The van der Waals surface area contributed by atoms with Crippen molar-refractivity contribution in [2.45, 2.75) is 33.3 Å². The van der Waals surface area contributed by atoms with Crippen molar-refractivity contribution in [3.05, 3.63) is 59.7 Å². The van der Waals surface area contributed by atoms with Crippen LogP contribution in [0.25, 0.3) is 0 Å². The number of rotatable bonds is 8. The Morgan fingerprint density at radius 3 is 2.36 bits per heavy atom. The number of amides is 1. The van der Waals surface area contributed by atoms with E-state index in [4.69, 9.17) is 4.74 Å². The van der Waals surface area contributed by atoms with E-state index in [2.05, 4.69) is 28.4 Å². The van der Waals surface area contributed by atoms with E-state index in [0.29, 0.717) is 13.0 Å². The molecule has 4 nitrogen and oxygen atoms in total. The maximum Gasteiger partial charge on any atom is 0.261 e.